The Morgan fingerprint density at radius 3 is 2.47 bits per heavy atom. The first kappa shape index (κ1) is 11.6. The summed E-state index contributed by atoms with van der Waals surface area (Å²) in [4.78, 5) is 10.7. The van der Waals surface area contributed by atoms with Gasteiger partial charge < -0.3 is 10.2 Å². The number of phenolic OH excluding ortho intramolecular Hbond substituents is 1. The standard InChI is InChI=1S/C9H10NO4P/c11-7-3-1-6(2-4-7)5-8(9(12)13)10-15-14/h1-4,8,11H,5H2,(H,10,14)(H,12,13)/t8-/m0/s1. The second-order valence-corrected chi connectivity index (χ2v) is 3.42. The molecule has 1 rings (SSSR count). The summed E-state index contributed by atoms with van der Waals surface area (Å²) in [6.45, 7) is 0. The van der Waals surface area contributed by atoms with Crippen LogP contribution in [0.5, 0.6) is 5.75 Å². The first-order valence-corrected chi connectivity index (χ1v) is 5.03. The number of aliphatic carboxylic acids is 1. The maximum Gasteiger partial charge on any atom is 0.321 e. The van der Waals surface area contributed by atoms with Crippen LogP contribution in [0, 0.1) is 0 Å². The number of hydrogen-bond acceptors (Lipinski definition) is 3. The third-order valence-corrected chi connectivity index (χ3v) is 2.30. The van der Waals surface area contributed by atoms with Gasteiger partial charge in [0.05, 0.1) is 0 Å². The summed E-state index contributed by atoms with van der Waals surface area (Å²) in [5.41, 5.74) is 0.747. The second kappa shape index (κ2) is 5.44. The first-order valence-electron chi connectivity index (χ1n) is 4.22. The molecule has 0 aromatic heterocycles. The smallest absolute Gasteiger partial charge is 0.321 e. The zero-order valence-corrected chi connectivity index (χ0v) is 8.65. The molecule has 1 aromatic rings. The van der Waals surface area contributed by atoms with E-state index in [1.807, 2.05) is 0 Å². The van der Waals surface area contributed by atoms with E-state index in [2.05, 4.69) is 5.09 Å². The number of carboxylic acid groups (broad SMARTS) is 1. The number of nitrogens with one attached hydrogen (secondary N) is 1. The van der Waals surface area contributed by atoms with Crippen molar-refractivity contribution in [3.05, 3.63) is 29.8 Å². The highest BCUT2D eigenvalue weighted by Gasteiger charge is 2.17. The van der Waals surface area contributed by atoms with Crippen molar-refractivity contribution in [3.63, 3.8) is 0 Å². The van der Waals surface area contributed by atoms with Crippen molar-refractivity contribution < 1.29 is 19.6 Å². The van der Waals surface area contributed by atoms with Crippen LogP contribution in [0.1, 0.15) is 5.56 Å². The molecule has 1 aromatic carbocycles. The lowest BCUT2D eigenvalue weighted by molar-refractivity contribution is -0.138. The van der Waals surface area contributed by atoms with Crippen LogP contribution in [0.2, 0.25) is 0 Å². The average molecular weight is 227 g/mol. The Hall–Kier alpha value is -1.45. The van der Waals surface area contributed by atoms with E-state index in [1.54, 1.807) is 12.1 Å². The molecule has 0 saturated carbocycles. The van der Waals surface area contributed by atoms with Crippen LogP contribution in [-0.4, -0.2) is 22.2 Å². The Morgan fingerprint density at radius 2 is 2.00 bits per heavy atom. The zero-order chi connectivity index (χ0) is 11.3. The van der Waals surface area contributed by atoms with E-state index in [0.717, 1.165) is 5.56 Å². The molecule has 80 valence electrons. The minimum atomic E-state index is -1.06. The van der Waals surface area contributed by atoms with Gasteiger partial charge in [-0.15, -0.1) is 0 Å². The molecule has 0 aliphatic rings. The molecule has 0 saturated heterocycles. The van der Waals surface area contributed by atoms with Crippen molar-refractivity contribution >= 4 is 14.6 Å². The quantitative estimate of drug-likeness (QED) is 0.657. The molecule has 1 atom stereocenters. The van der Waals surface area contributed by atoms with Crippen LogP contribution in [0.15, 0.2) is 24.3 Å². The van der Waals surface area contributed by atoms with Gasteiger partial charge in [0.2, 0.25) is 8.61 Å². The van der Waals surface area contributed by atoms with Gasteiger partial charge in [-0.05, 0) is 24.1 Å². The Morgan fingerprint density at radius 1 is 1.40 bits per heavy atom. The number of benzene rings is 1. The van der Waals surface area contributed by atoms with Gasteiger partial charge in [0.25, 0.3) is 0 Å². The van der Waals surface area contributed by atoms with Crippen molar-refractivity contribution in [2.75, 3.05) is 0 Å². The van der Waals surface area contributed by atoms with Gasteiger partial charge in [-0.3, -0.25) is 9.36 Å². The zero-order valence-electron chi connectivity index (χ0n) is 7.75. The third-order valence-electron chi connectivity index (χ3n) is 1.88. The van der Waals surface area contributed by atoms with Gasteiger partial charge in [-0.25, -0.2) is 5.09 Å². The minimum Gasteiger partial charge on any atom is -0.508 e. The van der Waals surface area contributed by atoms with E-state index in [0.29, 0.717) is 0 Å². The van der Waals surface area contributed by atoms with Gasteiger partial charge in [0.15, 0.2) is 0 Å². The highest BCUT2D eigenvalue weighted by atomic mass is 31.1. The summed E-state index contributed by atoms with van der Waals surface area (Å²) in [7, 11) is -0.410. The summed E-state index contributed by atoms with van der Waals surface area (Å²) in [6.07, 6.45) is 0.213. The highest BCUT2D eigenvalue weighted by molar-refractivity contribution is 7.21. The van der Waals surface area contributed by atoms with Crippen LogP contribution >= 0.6 is 8.61 Å². The molecule has 0 fully saturated rings. The van der Waals surface area contributed by atoms with Crippen molar-refractivity contribution in [3.8, 4) is 5.75 Å². The van der Waals surface area contributed by atoms with Gasteiger partial charge in [-0.1, -0.05) is 12.1 Å². The Bertz CT molecular complexity index is 352. The van der Waals surface area contributed by atoms with Crippen LogP contribution in [-0.2, 0) is 15.8 Å². The van der Waals surface area contributed by atoms with E-state index in [1.165, 1.54) is 12.1 Å². The van der Waals surface area contributed by atoms with Crippen molar-refractivity contribution in [2.45, 2.75) is 12.5 Å². The Labute approximate surface area is 88.0 Å². The fourth-order valence-corrected chi connectivity index (χ4v) is 1.45. The molecule has 0 spiro atoms. The summed E-state index contributed by atoms with van der Waals surface area (Å²) in [5.74, 6) is -0.938. The van der Waals surface area contributed by atoms with Crippen LogP contribution < -0.4 is 5.09 Å². The number of phenols is 1. The van der Waals surface area contributed by atoms with E-state index in [9.17, 15) is 9.36 Å². The molecule has 0 amide bonds. The van der Waals surface area contributed by atoms with Crippen molar-refractivity contribution in [1.82, 2.24) is 5.09 Å². The fraction of sp³-hybridized carbons (Fsp3) is 0.222. The van der Waals surface area contributed by atoms with Crippen molar-refractivity contribution in [2.24, 2.45) is 0 Å². The molecule has 3 N–H and O–H groups in total. The monoisotopic (exact) mass is 227 g/mol. The van der Waals surface area contributed by atoms with E-state index < -0.39 is 20.6 Å². The number of carbonyl (C=O) groups is 1. The average Bonchev–Trinajstić information content (AvgIpc) is 2.20. The van der Waals surface area contributed by atoms with Gasteiger partial charge in [0, 0.05) is 0 Å². The molecule has 0 unspecified atom stereocenters. The lowest BCUT2D eigenvalue weighted by Crippen LogP contribution is -2.32. The summed E-state index contributed by atoms with van der Waals surface area (Å²) < 4.78 is 10.2. The summed E-state index contributed by atoms with van der Waals surface area (Å²) in [5, 5.41) is 20.1. The minimum absolute atomic E-state index is 0.125. The van der Waals surface area contributed by atoms with Crippen LogP contribution in [0.4, 0.5) is 0 Å². The summed E-state index contributed by atoms with van der Waals surface area (Å²) >= 11 is 0. The molecule has 0 heterocycles. The van der Waals surface area contributed by atoms with E-state index in [-0.39, 0.29) is 12.2 Å². The number of rotatable bonds is 5. The van der Waals surface area contributed by atoms with Gasteiger partial charge >= 0.3 is 5.97 Å². The normalized spacial score (nSPS) is 12.5. The molecule has 0 aliphatic heterocycles. The lowest BCUT2D eigenvalue weighted by Gasteiger charge is -2.09. The Kier molecular flexibility index (Phi) is 4.21. The largest absolute Gasteiger partial charge is 0.508 e. The highest BCUT2D eigenvalue weighted by Crippen LogP contribution is 2.11. The fourth-order valence-electron chi connectivity index (χ4n) is 1.12. The first-order chi connectivity index (χ1) is 7.13. The lowest BCUT2D eigenvalue weighted by atomic mass is 10.1. The predicted molar refractivity (Wildman–Crippen MR) is 54.0 cm³/mol. The molecule has 5 nitrogen and oxygen atoms in total. The Balaban J connectivity index is 2.69. The van der Waals surface area contributed by atoms with Crippen molar-refractivity contribution in [1.29, 1.82) is 0 Å². The van der Waals surface area contributed by atoms with E-state index >= 15 is 0 Å². The SMILES string of the molecule is O=PN[C@@H](Cc1ccc(O)cc1)C(=O)O. The maximum atomic E-state index is 10.7. The second-order valence-electron chi connectivity index (χ2n) is 2.98. The molecule has 0 radical (unpaired) electrons. The van der Waals surface area contributed by atoms with E-state index in [4.69, 9.17) is 10.2 Å². The van der Waals surface area contributed by atoms with Gasteiger partial charge in [0.1, 0.15) is 11.8 Å². The predicted octanol–water partition coefficient (Wildman–Crippen LogP) is 1.18. The molecule has 15 heavy (non-hydrogen) atoms. The molecule has 0 aliphatic carbocycles. The summed E-state index contributed by atoms with van der Waals surface area (Å²) in [6, 6.07) is 5.30. The molecule has 0 bridgehead atoms. The molecular weight excluding hydrogens is 217 g/mol. The number of hydrogen-bond donors (Lipinski definition) is 3. The van der Waals surface area contributed by atoms with Crippen LogP contribution in [0.3, 0.4) is 0 Å². The van der Waals surface area contributed by atoms with Gasteiger partial charge in [-0.2, -0.15) is 0 Å². The number of carboxylic acids is 1. The molecule has 6 heteroatoms. The maximum absolute atomic E-state index is 10.7. The third kappa shape index (κ3) is 3.65. The van der Waals surface area contributed by atoms with Crippen LogP contribution in [0.25, 0.3) is 0 Å². The number of aromatic hydroxyl groups is 1. The molecular formula is C9H10NO4P. The topological polar surface area (TPSA) is 86.6 Å².